The third-order valence-corrected chi connectivity index (χ3v) is 2.62. The van der Waals surface area contributed by atoms with Gasteiger partial charge in [-0.15, -0.1) is 5.10 Å². The Morgan fingerprint density at radius 1 is 1.50 bits per heavy atom. The molecular formula is C11H23N5O2. The van der Waals surface area contributed by atoms with Gasteiger partial charge in [-0.1, -0.05) is 13.3 Å². The van der Waals surface area contributed by atoms with Crippen LogP contribution in [0.1, 0.15) is 25.6 Å². The van der Waals surface area contributed by atoms with Crippen molar-refractivity contribution in [3.8, 4) is 0 Å². The molecular weight excluding hydrogens is 234 g/mol. The predicted molar refractivity (Wildman–Crippen MR) is 66.9 cm³/mol. The lowest BCUT2D eigenvalue weighted by molar-refractivity contribution is 0.0411. The van der Waals surface area contributed by atoms with Gasteiger partial charge in [-0.2, -0.15) is 0 Å². The molecule has 0 radical (unpaired) electrons. The van der Waals surface area contributed by atoms with Gasteiger partial charge < -0.3 is 9.84 Å². The number of hydrogen-bond donors (Lipinski definition) is 1. The Hall–Kier alpha value is -1.05. The molecule has 7 nitrogen and oxygen atoms in total. The average molecular weight is 257 g/mol. The molecule has 1 atom stereocenters. The summed E-state index contributed by atoms with van der Waals surface area (Å²) in [5.41, 5.74) is 0. The van der Waals surface area contributed by atoms with E-state index in [0.29, 0.717) is 19.7 Å². The van der Waals surface area contributed by atoms with Gasteiger partial charge >= 0.3 is 0 Å². The molecule has 7 heteroatoms. The maximum absolute atomic E-state index is 9.63. The van der Waals surface area contributed by atoms with Gasteiger partial charge in [0.15, 0.2) is 5.82 Å². The lowest BCUT2D eigenvalue weighted by Gasteiger charge is -2.19. The fourth-order valence-electron chi connectivity index (χ4n) is 1.73. The summed E-state index contributed by atoms with van der Waals surface area (Å²) in [6.45, 7) is 4.47. The largest absolute Gasteiger partial charge is 0.389 e. The zero-order valence-corrected chi connectivity index (χ0v) is 11.4. The molecule has 1 aromatic heterocycles. The third kappa shape index (κ3) is 5.07. The highest BCUT2D eigenvalue weighted by molar-refractivity contribution is 4.80. The van der Waals surface area contributed by atoms with E-state index in [-0.39, 0.29) is 0 Å². The second-order valence-corrected chi connectivity index (χ2v) is 4.48. The molecule has 0 aliphatic carbocycles. The Morgan fingerprint density at radius 3 is 2.94 bits per heavy atom. The van der Waals surface area contributed by atoms with Crippen molar-refractivity contribution >= 4 is 0 Å². The van der Waals surface area contributed by atoms with Crippen LogP contribution >= 0.6 is 0 Å². The van der Waals surface area contributed by atoms with Crippen molar-refractivity contribution in [3.05, 3.63) is 5.82 Å². The molecule has 1 aromatic rings. The number of likely N-dealkylation sites (N-methyl/N-ethyl adjacent to an activating group) is 1. The number of rotatable bonds is 9. The second kappa shape index (κ2) is 8.12. The van der Waals surface area contributed by atoms with E-state index in [1.54, 1.807) is 7.11 Å². The van der Waals surface area contributed by atoms with E-state index in [2.05, 4.69) is 22.4 Å². The van der Waals surface area contributed by atoms with Crippen LogP contribution in [0.5, 0.6) is 0 Å². The molecule has 0 saturated heterocycles. The van der Waals surface area contributed by atoms with E-state index in [9.17, 15) is 5.11 Å². The number of methoxy groups -OCH3 is 1. The maximum Gasteiger partial charge on any atom is 0.165 e. The fraction of sp³-hybridized carbons (Fsp3) is 0.909. The van der Waals surface area contributed by atoms with Crippen LogP contribution in [0, 0.1) is 0 Å². The SMILES string of the molecule is CCCCn1nnnc1CN(C)CC(O)COC. The smallest absolute Gasteiger partial charge is 0.165 e. The molecule has 104 valence electrons. The molecule has 0 spiro atoms. The number of aliphatic hydroxyl groups excluding tert-OH is 1. The fourth-order valence-corrected chi connectivity index (χ4v) is 1.73. The van der Waals surface area contributed by atoms with Crippen molar-refractivity contribution in [2.75, 3.05) is 27.3 Å². The molecule has 1 heterocycles. The van der Waals surface area contributed by atoms with Crippen LogP contribution < -0.4 is 0 Å². The number of hydrogen-bond acceptors (Lipinski definition) is 6. The number of tetrazole rings is 1. The summed E-state index contributed by atoms with van der Waals surface area (Å²) in [7, 11) is 3.51. The van der Waals surface area contributed by atoms with Crippen LogP contribution in [0.25, 0.3) is 0 Å². The molecule has 0 amide bonds. The minimum absolute atomic E-state index is 0.338. The Morgan fingerprint density at radius 2 is 2.28 bits per heavy atom. The van der Waals surface area contributed by atoms with Crippen LogP contribution in [0.2, 0.25) is 0 Å². The summed E-state index contributed by atoms with van der Waals surface area (Å²) >= 11 is 0. The van der Waals surface area contributed by atoms with Crippen LogP contribution in [0.3, 0.4) is 0 Å². The van der Waals surface area contributed by atoms with Gasteiger partial charge in [-0.25, -0.2) is 4.68 Å². The van der Waals surface area contributed by atoms with Crippen LogP contribution in [-0.4, -0.2) is 63.6 Å². The van der Waals surface area contributed by atoms with Gasteiger partial charge in [0, 0.05) is 20.2 Å². The number of aliphatic hydroxyl groups is 1. The zero-order valence-electron chi connectivity index (χ0n) is 11.4. The van der Waals surface area contributed by atoms with Crippen LogP contribution in [0.4, 0.5) is 0 Å². The summed E-state index contributed by atoms with van der Waals surface area (Å²) < 4.78 is 6.72. The van der Waals surface area contributed by atoms with Crippen molar-refractivity contribution in [2.24, 2.45) is 0 Å². The molecule has 1 rings (SSSR count). The van der Waals surface area contributed by atoms with E-state index in [1.165, 1.54) is 0 Å². The molecule has 18 heavy (non-hydrogen) atoms. The van der Waals surface area contributed by atoms with Crippen molar-refractivity contribution in [2.45, 2.75) is 39.0 Å². The van der Waals surface area contributed by atoms with Gasteiger partial charge in [0.05, 0.1) is 19.3 Å². The molecule has 0 aromatic carbocycles. The summed E-state index contributed by atoms with van der Waals surface area (Å²) in [6, 6.07) is 0. The Bertz CT molecular complexity index is 331. The van der Waals surface area contributed by atoms with Gasteiger partial charge in [-0.05, 0) is 23.9 Å². The summed E-state index contributed by atoms with van der Waals surface area (Å²) in [5.74, 6) is 0.829. The first kappa shape index (κ1) is 15.0. The van der Waals surface area contributed by atoms with Crippen molar-refractivity contribution in [1.29, 1.82) is 0 Å². The molecule has 0 fully saturated rings. The Kier molecular flexibility index (Phi) is 6.77. The molecule has 0 aliphatic rings. The van der Waals surface area contributed by atoms with E-state index >= 15 is 0 Å². The van der Waals surface area contributed by atoms with Crippen LogP contribution in [0.15, 0.2) is 0 Å². The first-order valence-corrected chi connectivity index (χ1v) is 6.28. The van der Waals surface area contributed by atoms with Crippen molar-refractivity contribution < 1.29 is 9.84 Å². The lowest BCUT2D eigenvalue weighted by Crippen LogP contribution is -2.32. The average Bonchev–Trinajstić information content (AvgIpc) is 2.73. The van der Waals surface area contributed by atoms with Crippen molar-refractivity contribution in [3.63, 3.8) is 0 Å². The molecule has 0 aliphatic heterocycles. The number of nitrogens with zero attached hydrogens (tertiary/aromatic N) is 5. The van der Waals surface area contributed by atoms with Gasteiger partial charge in [0.25, 0.3) is 0 Å². The van der Waals surface area contributed by atoms with E-state index < -0.39 is 6.10 Å². The molecule has 1 N–H and O–H groups in total. The number of unbranched alkanes of at least 4 members (excludes halogenated alkanes) is 1. The van der Waals surface area contributed by atoms with Gasteiger partial charge in [0.1, 0.15) is 0 Å². The summed E-state index contributed by atoms with van der Waals surface area (Å²) in [5, 5.41) is 21.3. The molecule has 0 saturated carbocycles. The highest BCUT2D eigenvalue weighted by Crippen LogP contribution is 2.01. The number of aryl methyl sites for hydroxylation is 1. The van der Waals surface area contributed by atoms with E-state index in [1.807, 2.05) is 16.6 Å². The topological polar surface area (TPSA) is 76.3 Å². The first-order valence-electron chi connectivity index (χ1n) is 6.28. The quantitative estimate of drug-likeness (QED) is 0.666. The lowest BCUT2D eigenvalue weighted by atomic mass is 10.3. The number of aromatic nitrogens is 4. The zero-order chi connectivity index (χ0) is 13.4. The van der Waals surface area contributed by atoms with E-state index in [0.717, 1.165) is 25.2 Å². The summed E-state index contributed by atoms with van der Waals surface area (Å²) in [6.07, 6.45) is 1.69. The first-order chi connectivity index (χ1) is 8.67. The van der Waals surface area contributed by atoms with Gasteiger partial charge in [-0.3, -0.25) is 4.90 Å². The van der Waals surface area contributed by atoms with E-state index in [4.69, 9.17) is 4.74 Å². The molecule has 0 bridgehead atoms. The second-order valence-electron chi connectivity index (χ2n) is 4.48. The predicted octanol–water partition coefficient (Wildman–Crippen LogP) is -0.0877. The Balaban J connectivity index is 2.43. The standard InChI is InChI=1S/C11H23N5O2/c1-4-5-6-16-11(12-13-14-16)8-15(2)7-10(17)9-18-3/h10,17H,4-9H2,1-3H3. The third-order valence-electron chi connectivity index (χ3n) is 2.62. The Labute approximate surface area is 108 Å². The monoisotopic (exact) mass is 257 g/mol. The maximum atomic E-state index is 9.63. The highest BCUT2D eigenvalue weighted by atomic mass is 16.5. The minimum atomic E-state index is -0.486. The normalized spacial score (nSPS) is 13.2. The van der Waals surface area contributed by atoms with Crippen LogP contribution in [-0.2, 0) is 17.8 Å². The minimum Gasteiger partial charge on any atom is -0.389 e. The summed E-state index contributed by atoms with van der Waals surface area (Å²) in [4.78, 5) is 1.98. The molecule has 1 unspecified atom stereocenters. The van der Waals surface area contributed by atoms with Crippen molar-refractivity contribution in [1.82, 2.24) is 25.1 Å². The number of ether oxygens (including phenoxy) is 1. The van der Waals surface area contributed by atoms with Gasteiger partial charge in [0.2, 0.25) is 0 Å². The highest BCUT2D eigenvalue weighted by Gasteiger charge is 2.12.